The summed E-state index contributed by atoms with van der Waals surface area (Å²) in [4.78, 5) is 5.46. The Balaban J connectivity index is 2.27. The van der Waals surface area contributed by atoms with Crippen molar-refractivity contribution in [1.29, 1.82) is 0 Å². The summed E-state index contributed by atoms with van der Waals surface area (Å²) in [5.41, 5.74) is -0.810. The molecule has 6 atom stereocenters. The Morgan fingerprint density at radius 1 is 1.54 bits per heavy atom. The first-order chi connectivity index (χ1) is 12.2. The predicted molar refractivity (Wildman–Crippen MR) is 96.7 cm³/mol. The molecule has 0 radical (unpaired) electrons. The number of likely N-dealkylation sites (tertiary alicyclic amines) is 1. The highest BCUT2D eigenvalue weighted by molar-refractivity contribution is 7.44. The van der Waals surface area contributed by atoms with Crippen LogP contribution < -0.4 is 0 Å². The van der Waals surface area contributed by atoms with Gasteiger partial charge >= 0.3 is 0 Å². The van der Waals surface area contributed by atoms with Gasteiger partial charge in [0.1, 0.15) is 18.3 Å². The van der Waals surface area contributed by atoms with Crippen molar-refractivity contribution in [3.63, 3.8) is 0 Å². The van der Waals surface area contributed by atoms with Crippen LogP contribution in [0, 0.1) is 6.57 Å². The summed E-state index contributed by atoms with van der Waals surface area (Å²) in [6.07, 6.45) is -0.387. The Kier molecular flexibility index (Phi) is 5.68. The van der Waals surface area contributed by atoms with Crippen LogP contribution in [0.4, 0.5) is 0 Å². The first-order valence-electron chi connectivity index (χ1n) is 9.82. The zero-order valence-electron chi connectivity index (χ0n) is 17.6. The Labute approximate surface area is 151 Å². The molecule has 6 nitrogen and oxygen atoms in total. The molecule has 2 aliphatic rings. The molecule has 0 spiro atoms. The SMILES string of the molecule is [2H]C[C@@]12O[C@H]([3H])[C@@H]([C@@H]1OP(OCC[N+]#[C-])N(C(C)C)C(C)C)N(C)[C@H]2C. The van der Waals surface area contributed by atoms with Crippen molar-refractivity contribution in [1.82, 2.24) is 9.57 Å². The molecular weight excluding hydrogens is 325 g/mol. The molecule has 2 aliphatic heterocycles. The number of likely N-dealkylation sites (N-methyl/N-ethyl adjacent to an activating group) is 1. The fourth-order valence-corrected chi connectivity index (χ4v) is 5.20. The van der Waals surface area contributed by atoms with Crippen molar-refractivity contribution < 1.29 is 16.5 Å². The van der Waals surface area contributed by atoms with E-state index >= 15 is 0 Å². The Hall–Kier alpha value is -0.280. The summed E-state index contributed by atoms with van der Waals surface area (Å²) in [5.74, 6) is 0. The van der Waals surface area contributed by atoms with E-state index in [1.807, 2.05) is 14.0 Å². The van der Waals surface area contributed by atoms with Gasteiger partial charge in [-0.15, -0.1) is 0 Å². The average Bonchev–Trinajstić information content (AvgIpc) is 2.94. The number of ether oxygens (including phenoxy) is 1. The summed E-state index contributed by atoms with van der Waals surface area (Å²) in [5, 5.41) is 0. The van der Waals surface area contributed by atoms with Gasteiger partial charge in [0, 0.05) is 19.5 Å². The van der Waals surface area contributed by atoms with Crippen LogP contribution in [0.1, 0.15) is 44.3 Å². The molecule has 0 amide bonds. The lowest BCUT2D eigenvalue weighted by molar-refractivity contribution is -0.0778. The normalized spacial score (nSPS) is 38.7. The predicted octanol–water partition coefficient (Wildman–Crippen LogP) is 3.14. The number of fused-ring (bicyclic) bond motifs is 2. The molecule has 0 aromatic rings. The van der Waals surface area contributed by atoms with Crippen molar-refractivity contribution in [2.45, 2.75) is 77.4 Å². The molecule has 2 saturated heterocycles. The highest BCUT2D eigenvalue weighted by atomic mass is 31.2. The Morgan fingerprint density at radius 3 is 2.75 bits per heavy atom. The molecule has 0 N–H and O–H groups in total. The van der Waals surface area contributed by atoms with Crippen molar-refractivity contribution in [3.8, 4) is 0 Å². The minimum atomic E-state index is -1.42. The van der Waals surface area contributed by atoms with E-state index in [4.69, 9.17) is 23.1 Å². The second-order valence-corrected chi connectivity index (χ2v) is 8.49. The molecule has 2 bridgehead atoms. The van der Waals surface area contributed by atoms with Gasteiger partial charge in [-0.05, 0) is 48.6 Å². The van der Waals surface area contributed by atoms with Gasteiger partial charge in [0.2, 0.25) is 6.54 Å². The van der Waals surface area contributed by atoms with Gasteiger partial charge in [0.25, 0.3) is 8.53 Å². The van der Waals surface area contributed by atoms with Gasteiger partial charge in [-0.2, -0.15) is 0 Å². The van der Waals surface area contributed by atoms with Gasteiger partial charge in [0.05, 0.1) is 14.0 Å². The smallest absolute Gasteiger partial charge is 0.259 e. The minimum Gasteiger partial charge on any atom is -0.369 e. The van der Waals surface area contributed by atoms with Crippen molar-refractivity contribution in [2.24, 2.45) is 0 Å². The number of hydrogen-bond acceptors (Lipinski definition) is 5. The van der Waals surface area contributed by atoms with E-state index in [0.29, 0.717) is 6.61 Å². The highest BCUT2D eigenvalue weighted by Crippen LogP contribution is 2.53. The molecule has 24 heavy (non-hydrogen) atoms. The zero-order valence-corrected chi connectivity index (χ0v) is 16.5. The lowest BCUT2D eigenvalue weighted by Gasteiger charge is -2.38. The number of hydrogen-bond donors (Lipinski definition) is 0. The zero-order chi connectivity index (χ0) is 19.6. The van der Waals surface area contributed by atoms with Crippen LogP contribution in [-0.4, -0.2) is 72.2 Å². The van der Waals surface area contributed by atoms with Crippen molar-refractivity contribution in [2.75, 3.05) is 26.8 Å². The minimum absolute atomic E-state index is 0.00300. The molecular formula is C17H32N3O3P. The topological polar surface area (TPSA) is 38.5 Å². The van der Waals surface area contributed by atoms with E-state index in [0.717, 1.165) is 0 Å². The Morgan fingerprint density at radius 2 is 2.21 bits per heavy atom. The summed E-state index contributed by atoms with van der Waals surface area (Å²) in [6, 6.07) is 0.208. The maximum Gasteiger partial charge on any atom is 0.259 e. The molecule has 2 rings (SSSR count). The average molecular weight is 360 g/mol. The summed E-state index contributed by atoms with van der Waals surface area (Å²) in [7, 11) is 0.553. The van der Waals surface area contributed by atoms with Gasteiger partial charge in [-0.1, -0.05) is 0 Å². The number of rotatable bonds is 8. The van der Waals surface area contributed by atoms with Gasteiger partial charge in [-0.3, -0.25) is 4.90 Å². The summed E-state index contributed by atoms with van der Waals surface area (Å²) in [6.45, 7) is 17.3. The van der Waals surface area contributed by atoms with E-state index in [2.05, 4.69) is 42.1 Å². The van der Waals surface area contributed by atoms with Crippen LogP contribution in [0.2, 0.25) is 0 Å². The lowest BCUT2D eigenvalue weighted by atomic mass is 9.96. The largest absolute Gasteiger partial charge is 0.369 e. The van der Waals surface area contributed by atoms with E-state index in [-0.39, 0.29) is 43.7 Å². The fraction of sp³-hybridized carbons (Fsp3) is 0.941. The monoisotopic (exact) mass is 360 g/mol. The molecule has 0 aromatic carbocycles. The van der Waals surface area contributed by atoms with E-state index in [9.17, 15) is 0 Å². The van der Waals surface area contributed by atoms with Crippen molar-refractivity contribution >= 4 is 8.53 Å². The first-order valence-corrected chi connectivity index (χ1v) is 9.66. The molecule has 7 heteroatoms. The molecule has 138 valence electrons. The maximum atomic E-state index is 8.27. The molecule has 2 fully saturated rings. The second-order valence-electron chi connectivity index (χ2n) is 7.09. The van der Waals surface area contributed by atoms with Crippen LogP contribution >= 0.6 is 8.53 Å². The third-order valence-electron chi connectivity index (χ3n) is 4.86. The van der Waals surface area contributed by atoms with Gasteiger partial charge < -0.3 is 18.6 Å². The molecule has 0 saturated carbocycles. The fourth-order valence-electron chi connectivity index (χ4n) is 3.41. The van der Waals surface area contributed by atoms with Crippen LogP contribution in [0.15, 0.2) is 0 Å². The highest BCUT2D eigenvalue weighted by Gasteiger charge is 2.61. The molecule has 0 aromatic heterocycles. The van der Waals surface area contributed by atoms with E-state index < -0.39 is 20.7 Å². The standard InChI is InChI=1S/C17H32N3O3P/c1-12(2)20(13(3)4)24(22-10-9-18-7)23-16-15-11-21-17(16,6)14(5)19(15)8/h12-16H,9-11H2,1-6,8H3/t14-,15-,16-,17-,24?/m0/s1/i6D,11T/t11-,14+,15+,16+,17+,24?/m1. The van der Waals surface area contributed by atoms with Gasteiger partial charge in [-0.25, -0.2) is 11.2 Å². The molecule has 0 aliphatic carbocycles. The maximum absolute atomic E-state index is 8.27. The van der Waals surface area contributed by atoms with Crippen LogP contribution in [0.25, 0.3) is 4.85 Å². The van der Waals surface area contributed by atoms with Crippen LogP contribution in [0.3, 0.4) is 0 Å². The number of morpholine rings is 1. The third-order valence-corrected chi connectivity index (χ3v) is 6.97. The summed E-state index contributed by atoms with van der Waals surface area (Å²) < 4.78 is 37.0. The Bertz CT molecular complexity index is 514. The summed E-state index contributed by atoms with van der Waals surface area (Å²) >= 11 is 0. The van der Waals surface area contributed by atoms with Gasteiger partial charge in [0.15, 0.2) is 0 Å². The third kappa shape index (κ3) is 3.62. The van der Waals surface area contributed by atoms with Crippen LogP contribution in [-0.2, 0) is 13.8 Å². The van der Waals surface area contributed by atoms with Crippen molar-refractivity contribution in [3.05, 3.63) is 11.4 Å². The quantitative estimate of drug-likeness (QED) is 0.378. The van der Waals surface area contributed by atoms with E-state index in [1.54, 1.807) is 0 Å². The van der Waals surface area contributed by atoms with E-state index in [1.165, 1.54) is 0 Å². The first kappa shape index (κ1) is 17.1. The second kappa shape index (κ2) is 7.95. The molecule has 1 unspecified atom stereocenters. The molecule has 2 heterocycles. The van der Waals surface area contributed by atoms with Crippen LogP contribution in [0.5, 0.6) is 0 Å². The number of nitrogens with zero attached hydrogens (tertiary/aromatic N) is 3. The lowest BCUT2D eigenvalue weighted by Crippen LogP contribution is -2.47.